The normalized spacial score (nSPS) is 28.1. The van der Waals surface area contributed by atoms with E-state index >= 15 is 0 Å². The zero-order chi connectivity index (χ0) is 70.5. The Labute approximate surface area is 581 Å². The van der Waals surface area contributed by atoms with Crippen molar-refractivity contribution in [2.24, 2.45) is 0 Å². The third-order valence-corrected chi connectivity index (χ3v) is 17.1. The quantitative estimate of drug-likeness (QED) is 0.0300. The molecule has 1 amide bonds. The molecule has 10 rings (SSSR count). The van der Waals surface area contributed by atoms with E-state index in [2.05, 4.69) is 0 Å². The molecule has 0 radical (unpaired) electrons. The topological polar surface area (TPSA) is 263 Å². The van der Waals surface area contributed by atoms with Gasteiger partial charge in [-0.15, -0.1) is 0 Å². The van der Waals surface area contributed by atoms with Crippen molar-refractivity contribution in [1.29, 1.82) is 0 Å². The number of esters is 5. The highest BCUT2D eigenvalue weighted by molar-refractivity contribution is 5.70. The fraction of sp³-hybridized carbons (Fsp3) is 0.447. The van der Waals surface area contributed by atoms with Gasteiger partial charge in [0.15, 0.2) is 49.4 Å². The molecule has 4 aliphatic heterocycles. The Morgan fingerprint density at radius 3 is 1.14 bits per heavy atom. The Bertz CT molecular complexity index is 3530. The molecule has 4 saturated heterocycles. The molecule has 4 fully saturated rings. The van der Waals surface area contributed by atoms with Crippen LogP contribution in [0.25, 0.3) is 0 Å². The van der Waals surface area contributed by atoms with Crippen LogP contribution in [-0.2, 0) is 144 Å². The molecule has 24 heteroatoms. The lowest BCUT2D eigenvalue weighted by Gasteiger charge is -2.50. The Morgan fingerprint density at radius 2 is 0.690 bits per heavy atom. The van der Waals surface area contributed by atoms with E-state index in [1.807, 2.05) is 182 Å². The van der Waals surface area contributed by atoms with Crippen LogP contribution < -0.4 is 0 Å². The van der Waals surface area contributed by atoms with Crippen LogP contribution in [0.2, 0.25) is 0 Å². The van der Waals surface area contributed by atoms with Crippen LogP contribution >= 0.6 is 0 Å². The number of rotatable bonds is 30. The molecule has 534 valence electrons. The lowest BCUT2D eigenvalue weighted by Crippen LogP contribution is -2.68. The van der Waals surface area contributed by atoms with Gasteiger partial charge in [0.25, 0.3) is 0 Å². The zero-order valence-electron chi connectivity index (χ0n) is 56.9. The van der Waals surface area contributed by atoms with Gasteiger partial charge < -0.3 is 80.5 Å². The minimum atomic E-state index is -1.68. The summed E-state index contributed by atoms with van der Waals surface area (Å²) in [5.41, 5.74) is 4.87. The summed E-state index contributed by atoms with van der Waals surface area (Å²) in [6.45, 7) is 8.80. The molecule has 6 aromatic carbocycles. The molecule has 0 unspecified atom stereocenters. The number of hydrogen-bond acceptors (Lipinski definition) is 23. The number of ether oxygens (including phenoxy) is 17. The molecular weight excluding hydrogens is 1290 g/mol. The lowest BCUT2D eigenvalue weighted by atomic mass is 9.95. The van der Waals surface area contributed by atoms with Crippen molar-refractivity contribution < 1.29 is 109 Å². The number of hydrogen-bond donors (Lipinski definition) is 0. The van der Waals surface area contributed by atoms with Crippen molar-refractivity contribution in [3.05, 3.63) is 215 Å². The maximum Gasteiger partial charge on any atom is 0.410 e. The average molecular weight is 1380 g/mol. The van der Waals surface area contributed by atoms with Crippen molar-refractivity contribution in [1.82, 2.24) is 4.90 Å². The third-order valence-electron chi connectivity index (χ3n) is 17.1. The summed E-state index contributed by atoms with van der Waals surface area (Å²) in [5, 5.41) is 0. The van der Waals surface area contributed by atoms with Gasteiger partial charge in [0.05, 0.1) is 71.0 Å². The predicted molar refractivity (Wildman–Crippen MR) is 354 cm³/mol. The summed E-state index contributed by atoms with van der Waals surface area (Å²) in [5.74, 6) is -4.11. The van der Waals surface area contributed by atoms with Crippen molar-refractivity contribution in [2.45, 2.75) is 198 Å². The molecular formula is C76H87NO23. The molecule has 0 aliphatic carbocycles. The number of likely N-dealkylation sites (tertiary alicyclic amines) is 1. The van der Waals surface area contributed by atoms with E-state index in [0.717, 1.165) is 68.0 Å². The molecule has 6 aromatic rings. The summed E-state index contributed by atoms with van der Waals surface area (Å²) < 4.78 is 112. The van der Waals surface area contributed by atoms with Crippen molar-refractivity contribution in [3.8, 4) is 0 Å². The summed E-state index contributed by atoms with van der Waals surface area (Å²) in [6.07, 6.45) is -23.7. The number of carbonyl (C=O) groups is 6. The highest BCUT2D eigenvalue weighted by atomic mass is 16.8. The van der Waals surface area contributed by atoms with Gasteiger partial charge in [-0.1, -0.05) is 182 Å². The molecule has 18 atom stereocenters. The molecule has 4 heterocycles. The van der Waals surface area contributed by atoms with E-state index in [1.54, 1.807) is 11.8 Å². The van der Waals surface area contributed by atoms with Crippen LogP contribution in [0.5, 0.6) is 0 Å². The number of amides is 1. The third kappa shape index (κ3) is 20.8. The second-order valence-corrected chi connectivity index (χ2v) is 24.8. The largest absolute Gasteiger partial charge is 0.456 e. The fourth-order valence-electron chi connectivity index (χ4n) is 12.5. The first kappa shape index (κ1) is 74.2. The molecule has 24 nitrogen and oxygen atoms in total. The van der Waals surface area contributed by atoms with Gasteiger partial charge >= 0.3 is 35.9 Å². The molecule has 0 saturated carbocycles. The fourth-order valence-corrected chi connectivity index (χ4v) is 12.5. The monoisotopic (exact) mass is 1380 g/mol. The maximum atomic E-state index is 14.8. The molecule has 4 aliphatic rings. The summed E-state index contributed by atoms with van der Waals surface area (Å²) in [6, 6.07) is 56.0. The second kappa shape index (κ2) is 36.7. The molecule has 100 heavy (non-hydrogen) atoms. The first-order valence-corrected chi connectivity index (χ1v) is 33.4. The average Bonchev–Trinajstić information content (AvgIpc) is 1.11. The standard InChI is InChI=1S/C76H87NO23/c1-47-63(92-49(3)78)68(93-50(4)79)71(95-52(6)81)74(90-47)98-64-48(2)91-75(72(96-53(7)82)69(64)94-51(5)80)100-66-62(46-85-40-55-28-16-9-17-29-55)97-73(70(88-43-58-34-22-12-23-35-58)67(66)87-42-57-32-20-11-21-33-57)99-65-60(45-84-39-54-26-14-8-15-27-54)77(76(83)89-44-59-36-24-13-25-37-59)38-61(65)86-41-56-30-18-10-19-31-56/h8-37,47-48,60-75H,38-46H2,1-7H3/t47-,48-,60-,61-,62-,63-,64-,65-,66-,67+,68+,69+,70-,71-,72-,73-,74+,75+/m1/s1. The highest BCUT2D eigenvalue weighted by Crippen LogP contribution is 2.40. The first-order valence-electron chi connectivity index (χ1n) is 33.4. The molecule has 0 N–H and O–H groups in total. The number of benzene rings is 6. The SMILES string of the molecule is CC(=O)O[C@@H]1[C@@H](OC(C)=O)[C@H](O[C@H]2[C@H](OC(C)=O)[C@@H](OC(C)=O)[C@H](O[C@H]3[C@H](OCc4ccccc4)[C@@H](OCc4ccccc4)[C@@H](O[C@@H]4[C@@H](COCc5ccccc5)N(C(=O)OCc5ccccc5)C[C@H]4OCc4ccccc4)O[C@@H]3COCc3ccccc3)O[C@@H]2C)O[C@H](C)[C@H]1OC(C)=O. The smallest absolute Gasteiger partial charge is 0.410 e. The van der Waals surface area contributed by atoms with Gasteiger partial charge in [-0.3, -0.25) is 28.9 Å². The van der Waals surface area contributed by atoms with Crippen molar-refractivity contribution in [2.75, 3.05) is 19.8 Å². The van der Waals surface area contributed by atoms with Crippen molar-refractivity contribution in [3.63, 3.8) is 0 Å². The van der Waals surface area contributed by atoms with E-state index in [9.17, 15) is 28.8 Å². The second-order valence-electron chi connectivity index (χ2n) is 24.8. The lowest BCUT2D eigenvalue weighted by molar-refractivity contribution is -0.384. The predicted octanol–water partition coefficient (Wildman–Crippen LogP) is 9.23. The van der Waals surface area contributed by atoms with Crippen LogP contribution in [0.3, 0.4) is 0 Å². The van der Waals surface area contributed by atoms with Crippen LogP contribution in [0.15, 0.2) is 182 Å². The van der Waals surface area contributed by atoms with Gasteiger partial charge in [-0.2, -0.15) is 0 Å². The Hall–Kier alpha value is -8.50. The van der Waals surface area contributed by atoms with Crippen LogP contribution in [-0.4, -0.2) is 171 Å². The molecule has 0 bridgehead atoms. The van der Waals surface area contributed by atoms with E-state index in [-0.39, 0.29) is 59.4 Å². The van der Waals surface area contributed by atoms with Gasteiger partial charge in [0, 0.05) is 34.6 Å². The summed E-state index contributed by atoms with van der Waals surface area (Å²) in [7, 11) is 0. The Balaban J connectivity index is 1.06. The van der Waals surface area contributed by atoms with E-state index in [0.29, 0.717) is 0 Å². The van der Waals surface area contributed by atoms with Gasteiger partial charge in [0.2, 0.25) is 0 Å². The van der Waals surface area contributed by atoms with E-state index in [1.165, 1.54) is 6.92 Å². The van der Waals surface area contributed by atoms with Gasteiger partial charge in [0.1, 0.15) is 49.3 Å². The summed E-state index contributed by atoms with van der Waals surface area (Å²) >= 11 is 0. The van der Waals surface area contributed by atoms with E-state index < -0.39 is 146 Å². The van der Waals surface area contributed by atoms with Gasteiger partial charge in [-0.05, 0) is 47.2 Å². The Kier molecular flexibility index (Phi) is 27.2. The molecule has 0 spiro atoms. The van der Waals surface area contributed by atoms with Crippen LogP contribution in [0.4, 0.5) is 4.79 Å². The first-order chi connectivity index (χ1) is 48.4. The van der Waals surface area contributed by atoms with Crippen LogP contribution in [0.1, 0.15) is 81.8 Å². The maximum absolute atomic E-state index is 14.8. The number of carbonyl (C=O) groups excluding carboxylic acids is 6. The Morgan fingerprint density at radius 1 is 0.350 bits per heavy atom. The minimum Gasteiger partial charge on any atom is -0.456 e. The van der Waals surface area contributed by atoms with Crippen LogP contribution in [0, 0.1) is 0 Å². The number of nitrogens with zero attached hydrogens (tertiary/aromatic N) is 1. The summed E-state index contributed by atoms with van der Waals surface area (Å²) in [4.78, 5) is 81.6. The zero-order valence-corrected chi connectivity index (χ0v) is 56.9. The minimum absolute atomic E-state index is 0.00311. The highest BCUT2D eigenvalue weighted by Gasteiger charge is 2.59. The molecule has 0 aromatic heterocycles. The van der Waals surface area contributed by atoms with E-state index in [4.69, 9.17) is 80.5 Å². The van der Waals surface area contributed by atoms with Crippen molar-refractivity contribution >= 4 is 35.9 Å². The van der Waals surface area contributed by atoms with Gasteiger partial charge in [-0.25, -0.2) is 4.79 Å².